The summed E-state index contributed by atoms with van der Waals surface area (Å²) < 4.78 is 27.4. The van der Waals surface area contributed by atoms with E-state index in [2.05, 4.69) is 22.3 Å². The fraction of sp³-hybridized carbons (Fsp3) is 0.611. The van der Waals surface area contributed by atoms with Crippen molar-refractivity contribution in [2.75, 3.05) is 19.6 Å². The maximum Gasteiger partial charge on any atom is 0.251 e. The summed E-state index contributed by atoms with van der Waals surface area (Å²) in [4.78, 5) is 12.8. The summed E-state index contributed by atoms with van der Waals surface area (Å²) in [6, 6.07) is 4.79. The molecule has 0 bridgehead atoms. The molecule has 138 valence electrons. The Labute approximate surface area is 149 Å². The second-order valence-corrected chi connectivity index (χ2v) is 9.33. The number of hydrogen-bond donors (Lipinski definition) is 3. The van der Waals surface area contributed by atoms with Gasteiger partial charge in [-0.25, -0.2) is 13.1 Å². The van der Waals surface area contributed by atoms with E-state index in [4.69, 9.17) is 0 Å². The van der Waals surface area contributed by atoms with Crippen LogP contribution in [0.3, 0.4) is 0 Å². The van der Waals surface area contributed by atoms with Crippen LogP contribution in [0.25, 0.3) is 0 Å². The lowest BCUT2D eigenvalue weighted by molar-refractivity contribution is 0.0921. The van der Waals surface area contributed by atoms with E-state index >= 15 is 0 Å². The number of aryl methyl sites for hydroxylation is 1. The van der Waals surface area contributed by atoms with Crippen LogP contribution >= 0.6 is 0 Å². The molecule has 3 N–H and O–H groups in total. The van der Waals surface area contributed by atoms with Crippen LogP contribution in [0.15, 0.2) is 23.1 Å². The van der Waals surface area contributed by atoms with E-state index in [1.165, 1.54) is 6.07 Å². The lowest BCUT2D eigenvalue weighted by Crippen LogP contribution is -2.43. The highest BCUT2D eigenvalue weighted by atomic mass is 32.2. The third-order valence-electron chi connectivity index (χ3n) is 5.15. The predicted molar refractivity (Wildman–Crippen MR) is 97.1 cm³/mol. The van der Waals surface area contributed by atoms with Crippen LogP contribution in [0, 0.1) is 12.3 Å². The number of carbonyl (C=O) groups excluding carboxylic acids is 1. The first-order valence-electron chi connectivity index (χ1n) is 8.91. The van der Waals surface area contributed by atoms with Crippen LogP contribution in [0.5, 0.6) is 0 Å². The van der Waals surface area contributed by atoms with Crippen LogP contribution in [0.2, 0.25) is 0 Å². The van der Waals surface area contributed by atoms with E-state index in [0.29, 0.717) is 12.1 Å². The van der Waals surface area contributed by atoms with E-state index in [1.54, 1.807) is 12.1 Å². The molecule has 0 atom stereocenters. The summed E-state index contributed by atoms with van der Waals surface area (Å²) in [5, 5.41) is 6.33. The summed E-state index contributed by atoms with van der Waals surface area (Å²) in [7, 11) is -3.56. The van der Waals surface area contributed by atoms with Gasteiger partial charge in [0.2, 0.25) is 10.0 Å². The van der Waals surface area contributed by atoms with Gasteiger partial charge in [0.15, 0.2) is 0 Å². The SMILES string of the molecule is Cc1ccc(S(=O)(=O)NC2CC2)cc1C(=O)NCC1(C)CCNCC1. The van der Waals surface area contributed by atoms with Gasteiger partial charge in [-0.3, -0.25) is 4.79 Å². The van der Waals surface area contributed by atoms with Crippen LogP contribution in [-0.4, -0.2) is 40.0 Å². The van der Waals surface area contributed by atoms with Gasteiger partial charge in [-0.1, -0.05) is 13.0 Å². The molecule has 1 saturated carbocycles. The van der Waals surface area contributed by atoms with Gasteiger partial charge in [0, 0.05) is 18.2 Å². The Hall–Kier alpha value is -1.44. The number of nitrogens with one attached hydrogen (secondary N) is 3. The first-order chi connectivity index (χ1) is 11.8. The average molecular weight is 365 g/mol. The maximum atomic E-state index is 12.6. The summed E-state index contributed by atoms with van der Waals surface area (Å²) >= 11 is 0. The number of amides is 1. The molecule has 1 aliphatic heterocycles. The molecule has 6 nitrogen and oxygen atoms in total. The number of carbonyl (C=O) groups is 1. The smallest absolute Gasteiger partial charge is 0.251 e. The van der Waals surface area contributed by atoms with Crippen molar-refractivity contribution in [2.24, 2.45) is 5.41 Å². The Bertz CT molecular complexity index is 751. The fourth-order valence-electron chi connectivity index (χ4n) is 3.10. The molecule has 2 aliphatic rings. The molecule has 1 amide bonds. The van der Waals surface area contributed by atoms with Gasteiger partial charge in [0.05, 0.1) is 4.90 Å². The summed E-state index contributed by atoms with van der Waals surface area (Å²) in [5.41, 5.74) is 1.29. The molecular weight excluding hydrogens is 338 g/mol. The van der Waals surface area contributed by atoms with Gasteiger partial charge >= 0.3 is 0 Å². The van der Waals surface area contributed by atoms with E-state index in [9.17, 15) is 13.2 Å². The standard InChI is InChI=1S/C18H27N3O3S/c1-13-3-6-15(25(23,24)21-14-4-5-14)11-16(13)17(22)20-12-18(2)7-9-19-10-8-18/h3,6,11,14,19,21H,4-5,7-10,12H2,1-2H3,(H,20,22). The van der Waals surface area contributed by atoms with Gasteiger partial charge in [0.25, 0.3) is 5.91 Å². The Morgan fingerprint density at radius 1 is 1.28 bits per heavy atom. The van der Waals surface area contributed by atoms with E-state index < -0.39 is 10.0 Å². The fourth-order valence-corrected chi connectivity index (χ4v) is 4.43. The van der Waals surface area contributed by atoms with Crippen molar-refractivity contribution in [2.45, 2.75) is 50.5 Å². The molecule has 0 spiro atoms. The zero-order chi connectivity index (χ0) is 18.1. The van der Waals surface area contributed by atoms with Crippen LogP contribution in [-0.2, 0) is 10.0 Å². The van der Waals surface area contributed by atoms with Crippen LogP contribution in [0.4, 0.5) is 0 Å². The highest BCUT2D eigenvalue weighted by molar-refractivity contribution is 7.89. The number of rotatable bonds is 6. The van der Waals surface area contributed by atoms with Gasteiger partial charge in [-0.05, 0) is 68.8 Å². The van der Waals surface area contributed by atoms with Crippen LogP contribution < -0.4 is 15.4 Å². The number of piperidine rings is 1. The van der Waals surface area contributed by atoms with Gasteiger partial charge < -0.3 is 10.6 Å². The van der Waals surface area contributed by atoms with Crippen molar-refractivity contribution in [1.82, 2.24) is 15.4 Å². The van der Waals surface area contributed by atoms with E-state index in [1.807, 2.05) is 6.92 Å². The normalized spacial score (nSPS) is 20.2. The Morgan fingerprint density at radius 3 is 2.60 bits per heavy atom. The molecule has 1 heterocycles. The average Bonchev–Trinajstić information content (AvgIpc) is 3.37. The molecule has 7 heteroatoms. The summed E-state index contributed by atoms with van der Waals surface area (Å²) in [6.45, 7) is 6.54. The number of benzene rings is 1. The Morgan fingerprint density at radius 2 is 1.96 bits per heavy atom. The summed E-state index contributed by atoms with van der Waals surface area (Å²) in [6.07, 6.45) is 3.80. The molecule has 0 unspecified atom stereocenters. The molecule has 0 radical (unpaired) electrons. The highest BCUT2D eigenvalue weighted by Gasteiger charge is 2.29. The zero-order valence-corrected chi connectivity index (χ0v) is 15.7. The van der Waals surface area contributed by atoms with Crippen molar-refractivity contribution in [3.05, 3.63) is 29.3 Å². The van der Waals surface area contributed by atoms with Crippen molar-refractivity contribution in [1.29, 1.82) is 0 Å². The van der Waals surface area contributed by atoms with Gasteiger partial charge in [0.1, 0.15) is 0 Å². The highest BCUT2D eigenvalue weighted by Crippen LogP contribution is 2.27. The minimum Gasteiger partial charge on any atom is -0.351 e. The second-order valence-electron chi connectivity index (χ2n) is 7.62. The number of hydrogen-bond acceptors (Lipinski definition) is 4. The molecule has 1 aromatic carbocycles. The largest absolute Gasteiger partial charge is 0.351 e. The minimum absolute atomic E-state index is 0.0449. The van der Waals surface area contributed by atoms with E-state index in [0.717, 1.165) is 44.3 Å². The molecular formula is C18H27N3O3S. The lowest BCUT2D eigenvalue weighted by atomic mass is 9.81. The minimum atomic E-state index is -3.56. The van der Waals surface area contributed by atoms with Gasteiger partial charge in [-0.2, -0.15) is 0 Å². The molecule has 1 saturated heterocycles. The van der Waals surface area contributed by atoms with Crippen molar-refractivity contribution >= 4 is 15.9 Å². The quantitative estimate of drug-likeness (QED) is 0.714. The van der Waals surface area contributed by atoms with Crippen molar-refractivity contribution in [3.63, 3.8) is 0 Å². The molecule has 3 rings (SSSR count). The molecule has 25 heavy (non-hydrogen) atoms. The van der Waals surface area contributed by atoms with Crippen LogP contribution in [0.1, 0.15) is 48.5 Å². The molecule has 0 aromatic heterocycles. The molecule has 1 aliphatic carbocycles. The second kappa shape index (κ2) is 7.05. The first kappa shape index (κ1) is 18.4. The van der Waals surface area contributed by atoms with Crippen molar-refractivity contribution < 1.29 is 13.2 Å². The summed E-state index contributed by atoms with van der Waals surface area (Å²) in [5.74, 6) is -0.208. The monoisotopic (exact) mass is 365 g/mol. The third kappa shape index (κ3) is 4.59. The molecule has 1 aromatic rings. The molecule has 2 fully saturated rings. The Balaban J connectivity index is 1.72. The Kier molecular flexibility index (Phi) is 5.18. The topological polar surface area (TPSA) is 87.3 Å². The third-order valence-corrected chi connectivity index (χ3v) is 6.67. The number of sulfonamides is 1. The lowest BCUT2D eigenvalue weighted by Gasteiger charge is -2.34. The van der Waals surface area contributed by atoms with E-state index in [-0.39, 0.29) is 22.3 Å². The van der Waals surface area contributed by atoms with Crippen molar-refractivity contribution in [3.8, 4) is 0 Å². The first-order valence-corrected chi connectivity index (χ1v) is 10.4. The predicted octanol–water partition coefficient (Wildman–Crippen LogP) is 1.56. The zero-order valence-electron chi connectivity index (χ0n) is 14.9. The maximum absolute atomic E-state index is 12.6. The van der Waals surface area contributed by atoms with Gasteiger partial charge in [-0.15, -0.1) is 0 Å².